The van der Waals surface area contributed by atoms with Crippen molar-refractivity contribution < 1.29 is 12.4 Å². The van der Waals surface area contributed by atoms with Crippen LogP contribution in [0.2, 0.25) is 0 Å². The molecule has 0 aliphatic heterocycles. The molecule has 1 rings (SSSR count). The number of halogens is 1. The molecule has 0 saturated heterocycles. The Morgan fingerprint density at radius 1 is 0.606 bits per heavy atom. The molecule has 1 aromatic rings. The molecule has 0 radical (unpaired) electrons. The van der Waals surface area contributed by atoms with E-state index < -0.39 is 0 Å². The Bertz CT molecular complexity index is 549. The summed E-state index contributed by atoms with van der Waals surface area (Å²) in [5, 5.41) is 0. The van der Waals surface area contributed by atoms with Crippen LogP contribution in [0.15, 0.2) is 36.9 Å². The quantitative estimate of drug-likeness (QED) is 0.0954. The van der Waals surface area contributed by atoms with Crippen LogP contribution in [0.25, 0.3) is 0 Å². The minimum atomic E-state index is 0. The number of hydrogen-bond donors (Lipinski definition) is 0. The van der Waals surface area contributed by atoms with Crippen molar-refractivity contribution >= 4 is 5.69 Å². The summed E-state index contributed by atoms with van der Waals surface area (Å²) < 4.78 is 0.878. The first kappa shape index (κ1) is 32.2. The van der Waals surface area contributed by atoms with E-state index in [0.717, 1.165) is 11.0 Å². The van der Waals surface area contributed by atoms with Crippen LogP contribution < -0.4 is 16.9 Å². The lowest BCUT2D eigenvalue weighted by atomic mass is 10.0. The Balaban J connectivity index is 0.0000102. The Kier molecular flexibility index (Phi) is 21.2. The molecule has 0 atom stereocenters. The maximum absolute atomic E-state index is 3.88. The van der Waals surface area contributed by atoms with Crippen molar-refractivity contribution in [3.05, 3.63) is 42.5 Å². The van der Waals surface area contributed by atoms with Gasteiger partial charge in [0.05, 0.1) is 14.1 Å². The highest BCUT2D eigenvalue weighted by Gasteiger charge is 2.16. The van der Waals surface area contributed by atoms with Gasteiger partial charge in [-0.2, -0.15) is 0 Å². The molecule has 0 spiro atoms. The second-order valence-electron chi connectivity index (χ2n) is 10.6. The van der Waals surface area contributed by atoms with Gasteiger partial charge in [0.2, 0.25) is 0 Å². The normalized spacial score (nSPS) is 11.4. The van der Waals surface area contributed by atoms with Crippen molar-refractivity contribution in [3.8, 4) is 0 Å². The zero-order valence-corrected chi connectivity index (χ0v) is 23.3. The minimum Gasteiger partial charge on any atom is -1.00 e. The lowest BCUT2D eigenvalue weighted by Gasteiger charge is -2.27. The molecule has 0 aromatic heterocycles. The molecular weight excluding hydrogens is 422 g/mol. The summed E-state index contributed by atoms with van der Waals surface area (Å²) in [5.74, 6) is 0. The van der Waals surface area contributed by atoms with Gasteiger partial charge in [-0.1, -0.05) is 135 Å². The first-order valence-electron chi connectivity index (χ1n) is 14.1. The standard InChI is InChI=1S/C31H56N.ClH/c1-5-7-8-9-10-11-12-13-14-15-16-17-18-19-20-21-22-23-24-30-25-27-31(28-26-30)32(3,4)29-6-2;/h6,25-28H,2,5,7-24,29H2,1,3-4H3;1H/q+1;/p-1. The zero-order chi connectivity index (χ0) is 23.3. The van der Waals surface area contributed by atoms with Gasteiger partial charge in [-0.05, 0) is 36.6 Å². The van der Waals surface area contributed by atoms with Crippen molar-refractivity contribution in [1.82, 2.24) is 4.48 Å². The molecule has 0 saturated carbocycles. The maximum atomic E-state index is 3.88. The second kappa shape index (κ2) is 21.7. The smallest absolute Gasteiger partial charge is 0.132 e. The van der Waals surface area contributed by atoms with E-state index in [-0.39, 0.29) is 12.4 Å². The molecular formula is C31H56ClN. The molecule has 1 nitrogen and oxygen atoms in total. The highest BCUT2D eigenvalue weighted by molar-refractivity contribution is 5.43. The predicted octanol–water partition coefficient (Wildman–Crippen LogP) is 7.03. The fourth-order valence-corrected chi connectivity index (χ4v) is 4.73. The number of benzene rings is 1. The molecule has 0 aliphatic carbocycles. The summed E-state index contributed by atoms with van der Waals surface area (Å²) in [4.78, 5) is 0. The minimum absolute atomic E-state index is 0. The molecule has 2 heteroatoms. The average Bonchev–Trinajstić information content (AvgIpc) is 2.78. The van der Waals surface area contributed by atoms with Crippen LogP contribution in [0, 0.1) is 0 Å². The Morgan fingerprint density at radius 2 is 0.970 bits per heavy atom. The number of unbranched alkanes of at least 4 members (excludes halogenated alkanes) is 17. The summed E-state index contributed by atoms with van der Waals surface area (Å²) in [6, 6.07) is 9.25. The lowest BCUT2D eigenvalue weighted by Crippen LogP contribution is -3.00. The van der Waals surface area contributed by atoms with Crippen LogP contribution in [0.4, 0.5) is 5.69 Å². The fourth-order valence-electron chi connectivity index (χ4n) is 4.73. The molecule has 0 aliphatic rings. The van der Waals surface area contributed by atoms with Crippen LogP contribution in [-0.2, 0) is 6.42 Å². The number of nitrogens with zero attached hydrogens (tertiary/aromatic N) is 1. The molecule has 0 unspecified atom stereocenters. The van der Waals surface area contributed by atoms with E-state index in [2.05, 4.69) is 51.9 Å². The SMILES string of the molecule is C=CC[N+](C)(C)c1ccc(CCCCCCCCCCCCCCCCCCCC)cc1.[Cl-]. The van der Waals surface area contributed by atoms with Crippen molar-refractivity contribution in [3.63, 3.8) is 0 Å². The van der Waals surface area contributed by atoms with E-state index in [4.69, 9.17) is 0 Å². The van der Waals surface area contributed by atoms with Crippen LogP contribution in [0.3, 0.4) is 0 Å². The van der Waals surface area contributed by atoms with E-state index in [1.165, 1.54) is 133 Å². The van der Waals surface area contributed by atoms with Gasteiger partial charge in [-0.15, -0.1) is 0 Å². The first-order valence-corrected chi connectivity index (χ1v) is 14.1. The highest BCUT2D eigenvalue weighted by atomic mass is 35.5. The van der Waals surface area contributed by atoms with Crippen LogP contribution >= 0.6 is 0 Å². The van der Waals surface area contributed by atoms with E-state index in [9.17, 15) is 0 Å². The molecule has 0 amide bonds. The zero-order valence-electron chi connectivity index (χ0n) is 22.6. The van der Waals surface area contributed by atoms with Gasteiger partial charge in [-0.25, -0.2) is 0 Å². The first-order chi connectivity index (χ1) is 15.6. The van der Waals surface area contributed by atoms with E-state index >= 15 is 0 Å². The van der Waals surface area contributed by atoms with E-state index in [1.54, 1.807) is 0 Å². The number of rotatable bonds is 22. The number of likely N-dealkylation sites (N-methyl/N-ethyl adjacent to an activating group) is 1. The monoisotopic (exact) mass is 477 g/mol. The van der Waals surface area contributed by atoms with Crippen molar-refractivity contribution in [2.24, 2.45) is 0 Å². The third kappa shape index (κ3) is 17.3. The molecule has 0 fully saturated rings. The third-order valence-electron chi connectivity index (χ3n) is 7.04. The maximum Gasteiger partial charge on any atom is 0.132 e. The molecule has 192 valence electrons. The molecule has 0 heterocycles. The number of quaternary nitrogens is 1. The van der Waals surface area contributed by atoms with Gasteiger partial charge in [0.15, 0.2) is 0 Å². The summed E-state index contributed by atoms with van der Waals surface area (Å²) in [6.07, 6.45) is 29.2. The third-order valence-corrected chi connectivity index (χ3v) is 7.04. The van der Waals surface area contributed by atoms with E-state index in [1.807, 2.05) is 6.08 Å². The summed E-state index contributed by atoms with van der Waals surface area (Å²) in [7, 11) is 4.49. The van der Waals surface area contributed by atoms with Crippen LogP contribution in [0.5, 0.6) is 0 Å². The van der Waals surface area contributed by atoms with Crippen LogP contribution in [0.1, 0.15) is 128 Å². The largest absolute Gasteiger partial charge is 1.00 e. The summed E-state index contributed by atoms with van der Waals surface area (Å²) in [6.45, 7) is 7.15. The van der Waals surface area contributed by atoms with Crippen molar-refractivity contribution in [1.29, 1.82) is 0 Å². The van der Waals surface area contributed by atoms with Crippen molar-refractivity contribution in [2.45, 2.75) is 129 Å². The topological polar surface area (TPSA) is 0 Å². The summed E-state index contributed by atoms with van der Waals surface area (Å²) in [5.41, 5.74) is 2.86. The highest BCUT2D eigenvalue weighted by Crippen LogP contribution is 2.21. The molecule has 1 aromatic carbocycles. The average molecular weight is 478 g/mol. The van der Waals surface area contributed by atoms with E-state index in [0.29, 0.717) is 0 Å². The summed E-state index contributed by atoms with van der Waals surface area (Å²) >= 11 is 0. The van der Waals surface area contributed by atoms with Gasteiger partial charge in [-0.3, -0.25) is 4.48 Å². The lowest BCUT2D eigenvalue weighted by molar-refractivity contribution is -0.00000712. The van der Waals surface area contributed by atoms with Gasteiger partial charge in [0.25, 0.3) is 0 Å². The van der Waals surface area contributed by atoms with Gasteiger partial charge >= 0.3 is 0 Å². The fraction of sp³-hybridized carbons (Fsp3) is 0.742. The molecule has 0 N–H and O–H groups in total. The molecule has 33 heavy (non-hydrogen) atoms. The Labute approximate surface area is 214 Å². The van der Waals surface area contributed by atoms with Gasteiger partial charge in [0, 0.05) is 0 Å². The Hall–Kier alpha value is -0.790. The second-order valence-corrected chi connectivity index (χ2v) is 10.6. The van der Waals surface area contributed by atoms with Crippen molar-refractivity contribution in [2.75, 3.05) is 20.6 Å². The number of hydrogen-bond acceptors (Lipinski definition) is 0. The van der Waals surface area contributed by atoms with Gasteiger partial charge in [0.1, 0.15) is 12.2 Å². The Morgan fingerprint density at radius 3 is 1.33 bits per heavy atom. The van der Waals surface area contributed by atoms with Gasteiger partial charge < -0.3 is 12.4 Å². The van der Waals surface area contributed by atoms with Crippen LogP contribution in [-0.4, -0.2) is 20.6 Å². The number of aryl methyl sites for hydroxylation is 1. The predicted molar refractivity (Wildman–Crippen MR) is 148 cm³/mol. The molecule has 0 bridgehead atoms.